The molecule has 4 saturated heterocycles. The van der Waals surface area contributed by atoms with Crippen LogP contribution in [0.15, 0.2) is 18.2 Å². The first-order chi connectivity index (χ1) is 24.8. The third-order valence-electron chi connectivity index (χ3n) is 10.3. The zero-order valence-electron chi connectivity index (χ0n) is 27.9. The minimum absolute atomic E-state index is 0.0223. The Balaban J connectivity index is 1.14. The van der Waals surface area contributed by atoms with Gasteiger partial charge in [-0.1, -0.05) is 6.07 Å². The van der Waals surface area contributed by atoms with Gasteiger partial charge in [0.15, 0.2) is 31.4 Å². The molecule has 5 aliphatic rings. The van der Waals surface area contributed by atoms with Crippen molar-refractivity contribution in [1.82, 2.24) is 0 Å². The normalized spacial score (nSPS) is 48.3. The average molecular weight is 748 g/mol. The Hall–Kier alpha value is -2.07. The molecule has 1 aromatic rings. The van der Waals surface area contributed by atoms with E-state index in [-0.39, 0.29) is 30.9 Å². The smallest absolute Gasteiger partial charge is 0.187 e. The summed E-state index contributed by atoms with van der Waals surface area (Å²) in [6.45, 7) is -0.938. The molecule has 4 aliphatic heterocycles. The van der Waals surface area contributed by atoms with Crippen LogP contribution >= 0.6 is 0 Å². The van der Waals surface area contributed by atoms with Crippen molar-refractivity contribution in [3.63, 3.8) is 0 Å². The number of aldehydes is 1. The minimum Gasteiger partial charge on any atom is -0.507 e. The van der Waals surface area contributed by atoms with E-state index in [4.69, 9.17) is 66.6 Å². The van der Waals surface area contributed by atoms with Crippen molar-refractivity contribution in [2.75, 3.05) is 19.8 Å². The molecular weight excluding hydrogens is 698 g/mol. The molecule has 21 heteroatoms. The van der Waals surface area contributed by atoms with Crippen LogP contribution in [-0.4, -0.2) is 178 Å². The van der Waals surface area contributed by atoms with E-state index in [1.807, 2.05) is 0 Å². The fourth-order valence-corrected chi connectivity index (χ4v) is 7.19. The van der Waals surface area contributed by atoms with Crippen LogP contribution in [-0.2, 0) is 37.9 Å². The molecule has 52 heavy (non-hydrogen) atoms. The second-order valence-electron chi connectivity index (χ2n) is 13.7. The number of benzene rings is 1. The van der Waals surface area contributed by atoms with Crippen molar-refractivity contribution in [1.29, 1.82) is 0 Å². The van der Waals surface area contributed by atoms with Gasteiger partial charge < -0.3 is 102 Å². The second-order valence-corrected chi connectivity index (χ2v) is 13.7. The third kappa shape index (κ3) is 7.59. The van der Waals surface area contributed by atoms with Crippen molar-refractivity contribution in [3.8, 4) is 5.75 Å². The largest absolute Gasteiger partial charge is 0.507 e. The molecule has 294 valence electrons. The number of fused-ring (bicyclic) bond motifs is 1. The first-order valence-corrected chi connectivity index (χ1v) is 17.0. The van der Waals surface area contributed by atoms with E-state index >= 15 is 0 Å². The summed E-state index contributed by atoms with van der Waals surface area (Å²) >= 11 is 0. The molecule has 4 heterocycles. The number of phenols is 1. The summed E-state index contributed by atoms with van der Waals surface area (Å²) in [7, 11) is 0. The Bertz CT molecular complexity index is 1370. The second kappa shape index (κ2) is 16.3. The predicted molar refractivity (Wildman–Crippen MR) is 170 cm³/mol. The van der Waals surface area contributed by atoms with Gasteiger partial charge in [0.25, 0.3) is 0 Å². The molecule has 0 spiro atoms. The summed E-state index contributed by atoms with van der Waals surface area (Å²) in [5.41, 5.74) is 31.1. The summed E-state index contributed by atoms with van der Waals surface area (Å²) in [6.07, 6.45) is -20.1. The summed E-state index contributed by atoms with van der Waals surface area (Å²) in [5.74, 6) is -0.220. The van der Waals surface area contributed by atoms with Gasteiger partial charge in [0.05, 0.1) is 37.0 Å². The number of aliphatic hydroxyl groups is 6. The molecule has 21 nitrogen and oxygen atoms in total. The van der Waals surface area contributed by atoms with Crippen LogP contribution < -0.4 is 28.7 Å². The minimum atomic E-state index is -1.63. The number of hydrogen-bond acceptors (Lipinski definition) is 21. The van der Waals surface area contributed by atoms with Gasteiger partial charge in [0.1, 0.15) is 72.9 Å². The lowest BCUT2D eigenvalue weighted by Gasteiger charge is -2.49. The zero-order chi connectivity index (χ0) is 37.6. The number of phenolic OH excluding ortho intramolecular Hbond substituents is 1. The van der Waals surface area contributed by atoms with E-state index in [0.717, 1.165) is 0 Å². The lowest BCUT2D eigenvalue weighted by molar-refractivity contribution is -0.356. The van der Waals surface area contributed by atoms with Crippen LogP contribution in [0.3, 0.4) is 0 Å². The van der Waals surface area contributed by atoms with Crippen LogP contribution in [0, 0.1) is 0 Å². The van der Waals surface area contributed by atoms with E-state index < -0.39 is 129 Å². The maximum absolute atomic E-state index is 11.3. The van der Waals surface area contributed by atoms with Crippen molar-refractivity contribution in [3.05, 3.63) is 29.3 Å². The molecule has 20 atom stereocenters. The highest BCUT2D eigenvalue weighted by molar-refractivity contribution is 5.79. The molecule has 0 bridgehead atoms. The van der Waals surface area contributed by atoms with Gasteiger partial charge in [-0.3, -0.25) is 4.79 Å². The quantitative estimate of drug-likeness (QED) is 0.0990. The highest BCUT2D eigenvalue weighted by atomic mass is 16.8. The summed E-state index contributed by atoms with van der Waals surface area (Å²) in [6, 6.07) is -0.0550. The molecule has 0 amide bonds. The number of nitrogens with two attached hydrogens (primary N) is 5. The number of aromatic hydroxyl groups is 1. The first-order valence-electron chi connectivity index (χ1n) is 17.0. The van der Waals surface area contributed by atoms with Gasteiger partial charge in [0.2, 0.25) is 0 Å². The summed E-state index contributed by atoms with van der Waals surface area (Å²) in [5, 5.41) is 74.2. The van der Waals surface area contributed by atoms with Crippen LogP contribution in [0.2, 0.25) is 0 Å². The molecule has 1 aliphatic carbocycles. The highest BCUT2D eigenvalue weighted by Gasteiger charge is 2.55. The number of rotatable bonds is 10. The molecular formula is C31H49N5O16. The standard InChI is InChI=1S/C31H49N5O16/c32-5-14-20(41)21(42)17(35)29(46-14)51-25-15(7-38)47-31(23(25)44)52-27-19(40)11(33)4-12(34)24(27)49-30-18(36)22(43)26-16(48-30)8-45-28(50-26)9-1-2-13(39)10(3-9)6-37/h1-3,6,11-12,14-31,38-44H,4-5,7-8,32-36H2/t11-,12+,14+,15-,16-,17-,18-,19+,20-,21-,22-,23-,24-,25-,26-,27-,28-,29-,30-,31+/m1/s1. The number of ether oxygens (including phenoxy) is 8. The Morgan fingerprint density at radius 1 is 0.750 bits per heavy atom. The monoisotopic (exact) mass is 747 g/mol. The number of carbonyl (C=O) groups excluding carboxylic acids is 1. The SMILES string of the molecule is NC[C@@H]1O[C@H](O[C@H]2[C@@H](O)[C@H](O[C@@H]3[C@@H](O)[C@H](N)C[C@H](N)[C@H]3O[C@H]3O[C@@H]4CO[C@@H](c5ccc(O)c(C=O)c5)O[C@H]4[C@H](O)[C@H]3N)O[C@@H]2CO)[C@H](N)[C@@H](O)[C@@H]1O. The maximum Gasteiger partial charge on any atom is 0.187 e. The van der Waals surface area contributed by atoms with E-state index in [1.165, 1.54) is 18.2 Å². The Kier molecular flexibility index (Phi) is 12.5. The molecule has 6 rings (SSSR count). The van der Waals surface area contributed by atoms with E-state index in [1.54, 1.807) is 0 Å². The molecule has 5 fully saturated rings. The molecule has 17 N–H and O–H groups in total. The van der Waals surface area contributed by atoms with Crippen molar-refractivity contribution < 1.29 is 78.4 Å². The van der Waals surface area contributed by atoms with Gasteiger partial charge in [-0.05, 0) is 18.6 Å². The lowest BCUT2D eigenvalue weighted by Crippen LogP contribution is -2.69. The van der Waals surface area contributed by atoms with Gasteiger partial charge in [-0.2, -0.15) is 0 Å². The van der Waals surface area contributed by atoms with Crippen molar-refractivity contribution in [2.24, 2.45) is 28.7 Å². The number of carbonyl (C=O) groups is 1. The molecule has 0 unspecified atom stereocenters. The third-order valence-corrected chi connectivity index (χ3v) is 10.3. The Morgan fingerprint density at radius 3 is 2.10 bits per heavy atom. The van der Waals surface area contributed by atoms with Gasteiger partial charge in [-0.25, -0.2) is 0 Å². The predicted octanol–water partition coefficient (Wildman–Crippen LogP) is -6.58. The fraction of sp³-hybridized carbons (Fsp3) is 0.774. The first kappa shape index (κ1) is 39.6. The van der Waals surface area contributed by atoms with Crippen molar-refractivity contribution in [2.45, 2.75) is 129 Å². The van der Waals surface area contributed by atoms with Crippen LogP contribution in [0.4, 0.5) is 0 Å². The van der Waals surface area contributed by atoms with Gasteiger partial charge in [-0.15, -0.1) is 0 Å². The van der Waals surface area contributed by atoms with E-state index in [2.05, 4.69) is 0 Å². The zero-order valence-corrected chi connectivity index (χ0v) is 27.9. The molecule has 0 radical (unpaired) electrons. The van der Waals surface area contributed by atoms with Gasteiger partial charge in [0, 0.05) is 24.2 Å². The topological polar surface area (TPSA) is 363 Å². The molecule has 1 saturated carbocycles. The van der Waals surface area contributed by atoms with E-state index in [9.17, 15) is 40.5 Å². The number of aliphatic hydroxyl groups excluding tert-OH is 6. The average Bonchev–Trinajstić information content (AvgIpc) is 3.43. The maximum atomic E-state index is 11.3. The molecule has 0 aromatic heterocycles. The number of hydrogen-bond donors (Lipinski definition) is 12. The van der Waals surface area contributed by atoms with Crippen molar-refractivity contribution >= 4 is 6.29 Å². The van der Waals surface area contributed by atoms with Crippen LogP contribution in [0.25, 0.3) is 0 Å². The van der Waals surface area contributed by atoms with E-state index in [0.29, 0.717) is 11.8 Å². The van der Waals surface area contributed by atoms with Gasteiger partial charge >= 0.3 is 0 Å². The lowest BCUT2D eigenvalue weighted by atomic mass is 9.84. The Morgan fingerprint density at radius 2 is 1.40 bits per heavy atom. The fourth-order valence-electron chi connectivity index (χ4n) is 7.19. The summed E-state index contributed by atoms with van der Waals surface area (Å²) < 4.78 is 47.3. The Labute approximate surface area is 297 Å². The molecule has 1 aromatic carbocycles. The highest BCUT2D eigenvalue weighted by Crippen LogP contribution is 2.38. The summed E-state index contributed by atoms with van der Waals surface area (Å²) in [4.78, 5) is 11.3. The van der Waals surface area contributed by atoms with Crippen LogP contribution in [0.5, 0.6) is 5.75 Å². The van der Waals surface area contributed by atoms with Crippen LogP contribution in [0.1, 0.15) is 28.6 Å².